The number of β-amino-alcohol motifs (C(OH)–C–C–N with tert-alkyl or cyclic N) is 1. The molecule has 2 N–H and O–H groups in total. The monoisotopic (exact) mass is 226 g/mol. The number of nitrogens with zero attached hydrogens (tertiary/aromatic N) is 1. The van der Waals surface area contributed by atoms with Crippen LogP contribution < -0.4 is 5.32 Å². The van der Waals surface area contributed by atoms with Crippen molar-refractivity contribution in [3.05, 3.63) is 0 Å². The number of aliphatic hydroxyl groups is 1. The Balaban J connectivity index is 1.85. The Labute approximate surface area is 97.0 Å². The van der Waals surface area contributed by atoms with Crippen molar-refractivity contribution >= 4 is 5.91 Å². The minimum absolute atomic E-state index is 0.0221. The molecular formula is C12H22N2O2. The summed E-state index contributed by atoms with van der Waals surface area (Å²) in [6, 6.07) is -0.0221. The molecule has 0 aromatic carbocycles. The van der Waals surface area contributed by atoms with Gasteiger partial charge in [-0.1, -0.05) is 20.3 Å². The van der Waals surface area contributed by atoms with E-state index in [0.29, 0.717) is 19.0 Å². The molecule has 2 aliphatic heterocycles. The molecule has 0 saturated carbocycles. The van der Waals surface area contributed by atoms with Crippen molar-refractivity contribution < 1.29 is 9.90 Å². The average Bonchev–Trinajstić information content (AvgIpc) is 2.60. The lowest BCUT2D eigenvalue weighted by molar-refractivity contribution is -0.159. The Bertz CT molecular complexity index is 274. The molecule has 0 bridgehead atoms. The maximum Gasteiger partial charge on any atom is 0.240 e. The lowest BCUT2D eigenvalue weighted by Gasteiger charge is -2.47. The summed E-state index contributed by atoms with van der Waals surface area (Å²) in [5.41, 5.74) is -0.605. The van der Waals surface area contributed by atoms with Gasteiger partial charge >= 0.3 is 0 Å². The fourth-order valence-electron chi connectivity index (χ4n) is 2.81. The second kappa shape index (κ2) is 4.34. The minimum Gasteiger partial charge on any atom is -0.386 e. The summed E-state index contributed by atoms with van der Waals surface area (Å²) < 4.78 is 0. The zero-order valence-corrected chi connectivity index (χ0v) is 10.2. The zero-order chi connectivity index (χ0) is 11.8. The van der Waals surface area contributed by atoms with E-state index >= 15 is 0 Å². The van der Waals surface area contributed by atoms with Gasteiger partial charge in [0.25, 0.3) is 0 Å². The van der Waals surface area contributed by atoms with Crippen molar-refractivity contribution in [1.29, 1.82) is 0 Å². The summed E-state index contributed by atoms with van der Waals surface area (Å²) in [6.07, 6.45) is 2.84. The Hall–Kier alpha value is -0.610. The third-order valence-corrected chi connectivity index (χ3v) is 3.80. The van der Waals surface area contributed by atoms with Crippen LogP contribution in [0.4, 0.5) is 0 Å². The zero-order valence-electron chi connectivity index (χ0n) is 10.2. The molecule has 0 aliphatic carbocycles. The maximum atomic E-state index is 12.1. The van der Waals surface area contributed by atoms with Crippen LogP contribution in [-0.2, 0) is 4.79 Å². The van der Waals surface area contributed by atoms with Crippen LogP contribution in [-0.4, -0.2) is 47.2 Å². The average molecular weight is 226 g/mol. The van der Waals surface area contributed by atoms with Gasteiger partial charge in [0.1, 0.15) is 0 Å². The molecule has 92 valence electrons. The number of amides is 1. The maximum absolute atomic E-state index is 12.1. The van der Waals surface area contributed by atoms with E-state index in [1.54, 1.807) is 4.90 Å². The molecule has 0 aromatic rings. The summed E-state index contributed by atoms with van der Waals surface area (Å²) in [5, 5.41) is 13.3. The highest BCUT2D eigenvalue weighted by molar-refractivity contribution is 5.83. The number of rotatable bonds is 3. The molecule has 0 radical (unpaired) electrons. The van der Waals surface area contributed by atoms with E-state index < -0.39 is 5.60 Å². The molecule has 0 aromatic heterocycles. The fourth-order valence-corrected chi connectivity index (χ4v) is 2.81. The van der Waals surface area contributed by atoms with Gasteiger partial charge in [-0.15, -0.1) is 0 Å². The van der Waals surface area contributed by atoms with Gasteiger partial charge in [-0.25, -0.2) is 0 Å². The quantitative estimate of drug-likeness (QED) is 0.730. The first kappa shape index (κ1) is 11.9. The Kier molecular flexibility index (Phi) is 3.22. The third-order valence-electron chi connectivity index (χ3n) is 3.80. The van der Waals surface area contributed by atoms with Crippen LogP contribution in [0.15, 0.2) is 0 Å². The number of carbonyl (C=O) groups is 1. The van der Waals surface area contributed by atoms with Crippen LogP contribution in [0.3, 0.4) is 0 Å². The lowest BCUT2D eigenvalue weighted by atomic mass is 9.88. The van der Waals surface area contributed by atoms with Crippen molar-refractivity contribution in [2.24, 2.45) is 5.92 Å². The van der Waals surface area contributed by atoms with Gasteiger partial charge in [0.15, 0.2) is 0 Å². The standard InChI is InChI=1S/C12H22N2O2/c1-3-5-12(16)7-14(8-12)11(15)10-9(2)4-6-13-10/h9-10,13,16H,3-8H2,1-2H3. The number of likely N-dealkylation sites (tertiary alicyclic amines) is 1. The number of nitrogens with one attached hydrogen (secondary N) is 1. The van der Waals surface area contributed by atoms with Gasteiger partial charge < -0.3 is 15.3 Å². The molecule has 2 atom stereocenters. The summed E-state index contributed by atoms with van der Waals surface area (Å²) in [4.78, 5) is 13.9. The van der Waals surface area contributed by atoms with Gasteiger partial charge in [0.2, 0.25) is 5.91 Å². The van der Waals surface area contributed by atoms with E-state index in [2.05, 4.69) is 19.2 Å². The molecular weight excluding hydrogens is 204 g/mol. The Morgan fingerprint density at radius 1 is 1.56 bits per heavy atom. The van der Waals surface area contributed by atoms with Crippen LogP contribution >= 0.6 is 0 Å². The van der Waals surface area contributed by atoms with E-state index in [0.717, 1.165) is 25.8 Å². The molecule has 2 saturated heterocycles. The number of hydrogen-bond donors (Lipinski definition) is 2. The van der Waals surface area contributed by atoms with Gasteiger partial charge in [-0.3, -0.25) is 4.79 Å². The van der Waals surface area contributed by atoms with E-state index in [9.17, 15) is 9.90 Å². The Morgan fingerprint density at radius 2 is 2.25 bits per heavy atom. The molecule has 4 heteroatoms. The van der Waals surface area contributed by atoms with E-state index in [-0.39, 0.29) is 11.9 Å². The van der Waals surface area contributed by atoms with Crippen LogP contribution in [0, 0.1) is 5.92 Å². The van der Waals surface area contributed by atoms with Crippen molar-refractivity contribution in [3.8, 4) is 0 Å². The minimum atomic E-state index is -0.605. The molecule has 2 unspecified atom stereocenters. The molecule has 1 amide bonds. The van der Waals surface area contributed by atoms with Crippen LogP contribution in [0.1, 0.15) is 33.1 Å². The topological polar surface area (TPSA) is 52.6 Å². The van der Waals surface area contributed by atoms with Crippen LogP contribution in [0.2, 0.25) is 0 Å². The molecule has 4 nitrogen and oxygen atoms in total. The summed E-state index contributed by atoms with van der Waals surface area (Å²) >= 11 is 0. The highest BCUT2D eigenvalue weighted by Gasteiger charge is 2.45. The van der Waals surface area contributed by atoms with E-state index in [1.807, 2.05) is 0 Å². The largest absolute Gasteiger partial charge is 0.386 e. The first-order chi connectivity index (χ1) is 7.56. The van der Waals surface area contributed by atoms with E-state index in [1.165, 1.54) is 0 Å². The predicted octanol–water partition coefficient (Wildman–Crippen LogP) is 0.358. The summed E-state index contributed by atoms with van der Waals surface area (Å²) in [6.45, 7) is 6.14. The van der Waals surface area contributed by atoms with Gasteiger partial charge in [-0.2, -0.15) is 0 Å². The number of carbonyl (C=O) groups excluding carboxylic acids is 1. The summed E-state index contributed by atoms with van der Waals surface area (Å²) in [5.74, 6) is 0.596. The van der Waals surface area contributed by atoms with Gasteiger partial charge in [-0.05, 0) is 25.3 Å². The second-order valence-corrected chi connectivity index (χ2v) is 5.37. The van der Waals surface area contributed by atoms with Gasteiger partial charge in [0.05, 0.1) is 24.7 Å². The first-order valence-electron chi connectivity index (χ1n) is 6.30. The van der Waals surface area contributed by atoms with Crippen LogP contribution in [0.25, 0.3) is 0 Å². The van der Waals surface area contributed by atoms with Crippen molar-refractivity contribution in [2.75, 3.05) is 19.6 Å². The fraction of sp³-hybridized carbons (Fsp3) is 0.917. The molecule has 2 rings (SSSR count). The lowest BCUT2D eigenvalue weighted by Crippen LogP contribution is -2.66. The Morgan fingerprint density at radius 3 is 2.75 bits per heavy atom. The molecule has 16 heavy (non-hydrogen) atoms. The highest BCUT2D eigenvalue weighted by Crippen LogP contribution is 2.28. The molecule has 2 fully saturated rings. The smallest absolute Gasteiger partial charge is 0.240 e. The van der Waals surface area contributed by atoms with Crippen molar-refractivity contribution in [2.45, 2.75) is 44.8 Å². The van der Waals surface area contributed by atoms with E-state index in [4.69, 9.17) is 0 Å². The normalized spacial score (nSPS) is 32.6. The van der Waals surface area contributed by atoms with Crippen LogP contribution in [0.5, 0.6) is 0 Å². The number of hydrogen-bond acceptors (Lipinski definition) is 3. The highest BCUT2D eigenvalue weighted by atomic mass is 16.3. The molecule has 2 aliphatic rings. The second-order valence-electron chi connectivity index (χ2n) is 5.37. The van der Waals surface area contributed by atoms with Gasteiger partial charge in [0, 0.05) is 0 Å². The third kappa shape index (κ3) is 2.09. The summed E-state index contributed by atoms with van der Waals surface area (Å²) in [7, 11) is 0. The molecule has 2 heterocycles. The predicted molar refractivity (Wildman–Crippen MR) is 62.0 cm³/mol. The van der Waals surface area contributed by atoms with Crippen molar-refractivity contribution in [1.82, 2.24) is 10.2 Å². The van der Waals surface area contributed by atoms with Crippen molar-refractivity contribution in [3.63, 3.8) is 0 Å². The molecule has 0 spiro atoms. The SMILES string of the molecule is CCCC1(O)CN(C(=O)C2NCCC2C)C1. The first-order valence-corrected chi connectivity index (χ1v) is 6.30.